The zero-order valence-electron chi connectivity index (χ0n) is 17.6. The lowest BCUT2D eigenvalue weighted by Crippen LogP contribution is -2.42. The fraction of sp³-hybridized carbons (Fsp3) is 0.636. The molecular formula is C22H34N4O2. The molecule has 3 rings (SSSR count). The van der Waals surface area contributed by atoms with Gasteiger partial charge in [-0.3, -0.25) is 10.2 Å². The number of hydrogen-bond donors (Lipinski definition) is 2. The standard InChI is InChI=1S/C22H34N4O2/c1-15-11-16(2)13-17(12-15)19-18(7-8-23)20(25-24-19)28-14-22(3,4)21(27)26-9-5-6-10-26/h11-13,18-19,24H,5-10,14,23H2,1-4H3. The molecule has 0 saturated carbocycles. The zero-order valence-corrected chi connectivity index (χ0v) is 17.6. The molecule has 2 aliphatic rings. The van der Waals surface area contributed by atoms with E-state index in [0.29, 0.717) is 19.0 Å². The van der Waals surface area contributed by atoms with E-state index in [9.17, 15) is 4.79 Å². The van der Waals surface area contributed by atoms with E-state index < -0.39 is 5.41 Å². The van der Waals surface area contributed by atoms with E-state index in [4.69, 9.17) is 10.5 Å². The van der Waals surface area contributed by atoms with Gasteiger partial charge in [-0.05, 0) is 59.1 Å². The van der Waals surface area contributed by atoms with Crippen molar-refractivity contribution in [3.05, 3.63) is 34.9 Å². The van der Waals surface area contributed by atoms with Crippen molar-refractivity contribution in [1.29, 1.82) is 0 Å². The molecule has 2 aliphatic heterocycles. The number of likely N-dealkylation sites (tertiary alicyclic amines) is 1. The summed E-state index contributed by atoms with van der Waals surface area (Å²) in [5.74, 6) is 0.901. The van der Waals surface area contributed by atoms with Crippen molar-refractivity contribution in [3.63, 3.8) is 0 Å². The Morgan fingerprint density at radius 2 is 1.89 bits per heavy atom. The van der Waals surface area contributed by atoms with Gasteiger partial charge in [0.15, 0.2) is 0 Å². The lowest BCUT2D eigenvalue weighted by atomic mass is 9.89. The van der Waals surface area contributed by atoms with Crippen LogP contribution in [0.1, 0.15) is 55.8 Å². The molecule has 28 heavy (non-hydrogen) atoms. The van der Waals surface area contributed by atoms with Crippen LogP contribution >= 0.6 is 0 Å². The molecule has 154 valence electrons. The predicted octanol–water partition coefficient (Wildman–Crippen LogP) is 2.89. The second-order valence-electron chi connectivity index (χ2n) is 8.83. The van der Waals surface area contributed by atoms with Gasteiger partial charge in [-0.2, -0.15) is 0 Å². The lowest BCUT2D eigenvalue weighted by molar-refractivity contribution is -0.141. The predicted molar refractivity (Wildman–Crippen MR) is 112 cm³/mol. The third-order valence-electron chi connectivity index (χ3n) is 5.67. The molecule has 0 spiro atoms. The first-order valence-electron chi connectivity index (χ1n) is 10.4. The number of nitrogens with one attached hydrogen (secondary N) is 1. The topological polar surface area (TPSA) is 80.0 Å². The Bertz CT molecular complexity index is 718. The van der Waals surface area contributed by atoms with E-state index in [1.807, 2.05) is 18.7 Å². The summed E-state index contributed by atoms with van der Waals surface area (Å²) in [6, 6.07) is 6.59. The second kappa shape index (κ2) is 8.52. The van der Waals surface area contributed by atoms with E-state index in [-0.39, 0.29) is 17.9 Å². The van der Waals surface area contributed by atoms with Crippen molar-refractivity contribution in [3.8, 4) is 0 Å². The molecule has 0 aliphatic carbocycles. The summed E-state index contributed by atoms with van der Waals surface area (Å²) in [5, 5.41) is 4.48. The number of nitrogens with zero attached hydrogens (tertiary/aromatic N) is 2. The lowest BCUT2D eigenvalue weighted by Gasteiger charge is -2.29. The molecule has 1 saturated heterocycles. The van der Waals surface area contributed by atoms with Crippen molar-refractivity contribution < 1.29 is 9.53 Å². The number of carbonyl (C=O) groups is 1. The van der Waals surface area contributed by atoms with Crippen LogP contribution < -0.4 is 11.2 Å². The van der Waals surface area contributed by atoms with Gasteiger partial charge in [0.2, 0.25) is 11.8 Å². The highest BCUT2D eigenvalue weighted by atomic mass is 16.5. The van der Waals surface area contributed by atoms with Gasteiger partial charge >= 0.3 is 0 Å². The van der Waals surface area contributed by atoms with Gasteiger partial charge < -0.3 is 15.4 Å². The number of nitrogens with two attached hydrogens (primary N) is 1. The number of amides is 1. The van der Waals surface area contributed by atoms with E-state index in [2.05, 4.69) is 42.6 Å². The minimum Gasteiger partial charge on any atom is -0.478 e. The molecular weight excluding hydrogens is 352 g/mol. The summed E-state index contributed by atoms with van der Waals surface area (Å²) in [4.78, 5) is 14.8. The van der Waals surface area contributed by atoms with Crippen LogP contribution in [0.3, 0.4) is 0 Å². The minimum atomic E-state index is -0.571. The maximum Gasteiger partial charge on any atom is 0.231 e. The molecule has 6 nitrogen and oxygen atoms in total. The van der Waals surface area contributed by atoms with Crippen LogP contribution in [0.5, 0.6) is 0 Å². The van der Waals surface area contributed by atoms with Crippen molar-refractivity contribution in [2.24, 2.45) is 22.2 Å². The molecule has 0 bridgehead atoms. The SMILES string of the molecule is Cc1cc(C)cc(C2NN=C(OCC(C)(C)C(=O)N3CCCC3)C2CCN)c1. The average Bonchev–Trinajstić information content (AvgIpc) is 3.29. The first-order chi connectivity index (χ1) is 13.3. The van der Waals surface area contributed by atoms with E-state index >= 15 is 0 Å². The minimum absolute atomic E-state index is 0.0505. The number of aryl methyl sites for hydroxylation is 2. The molecule has 1 amide bonds. The monoisotopic (exact) mass is 386 g/mol. The van der Waals surface area contributed by atoms with Crippen molar-refractivity contribution in [2.75, 3.05) is 26.2 Å². The largest absolute Gasteiger partial charge is 0.478 e. The van der Waals surface area contributed by atoms with E-state index in [0.717, 1.165) is 32.4 Å². The Balaban J connectivity index is 1.68. The number of hydrogen-bond acceptors (Lipinski definition) is 5. The van der Waals surface area contributed by atoms with Gasteiger partial charge in [0.1, 0.15) is 6.61 Å². The van der Waals surface area contributed by atoms with Gasteiger partial charge in [0.05, 0.1) is 17.4 Å². The average molecular weight is 387 g/mol. The number of benzene rings is 1. The van der Waals surface area contributed by atoms with Crippen molar-refractivity contribution in [2.45, 2.75) is 53.0 Å². The Labute approximate surface area is 168 Å². The second-order valence-corrected chi connectivity index (χ2v) is 8.83. The van der Waals surface area contributed by atoms with Crippen LogP contribution in [-0.4, -0.2) is 42.9 Å². The summed E-state index contributed by atoms with van der Waals surface area (Å²) in [6.45, 7) is 10.7. The summed E-state index contributed by atoms with van der Waals surface area (Å²) < 4.78 is 6.11. The Kier molecular flexibility index (Phi) is 6.28. The number of hydrazone groups is 1. The van der Waals surface area contributed by atoms with Crippen LogP contribution in [0.25, 0.3) is 0 Å². The molecule has 2 unspecified atom stereocenters. The van der Waals surface area contributed by atoms with Gasteiger partial charge in [-0.1, -0.05) is 29.3 Å². The molecule has 3 N–H and O–H groups in total. The summed E-state index contributed by atoms with van der Waals surface area (Å²) in [5.41, 5.74) is 12.2. The molecule has 6 heteroatoms. The van der Waals surface area contributed by atoms with Gasteiger partial charge in [0.25, 0.3) is 0 Å². The van der Waals surface area contributed by atoms with Gasteiger partial charge in [-0.15, -0.1) is 5.10 Å². The quantitative estimate of drug-likeness (QED) is 0.788. The van der Waals surface area contributed by atoms with Crippen LogP contribution in [0, 0.1) is 25.2 Å². The Morgan fingerprint density at radius 1 is 1.25 bits per heavy atom. The fourth-order valence-electron chi connectivity index (χ4n) is 4.22. The smallest absolute Gasteiger partial charge is 0.231 e. The molecule has 2 atom stereocenters. The molecule has 0 aromatic heterocycles. The summed E-state index contributed by atoms with van der Waals surface area (Å²) in [7, 11) is 0. The summed E-state index contributed by atoms with van der Waals surface area (Å²) >= 11 is 0. The third kappa shape index (κ3) is 4.49. The first-order valence-corrected chi connectivity index (χ1v) is 10.4. The van der Waals surface area contributed by atoms with Crippen LogP contribution in [0.2, 0.25) is 0 Å². The number of rotatable bonds is 6. The van der Waals surface area contributed by atoms with Crippen LogP contribution in [0.15, 0.2) is 23.3 Å². The number of carbonyl (C=O) groups excluding carboxylic acids is 1. The normalized spacial score (nSPS) is 22.2. The van der Waals surface area contributed by atoms with E-state index in [1.165, 1.54) is 16.7 Å². The fourth-order valence-corrected chi connectivity index (χ4v) is 4.22. The molecule has 1 aromatic carbocycles. The molecule has 2 heterocycles. The molecule has 1 aromatic rings. The van der Waals surface area contributed by atoms with Crippen LogP contribution in [-0.2, 0) is 9.53 Å². The van der Waals surface area contributed by atoms with Gasteiger partial charge in [0, 0.05) is 13.1 Å². The Morgan fingerprint density at radius 3 is 2.50 bits per heavy atom. The van der Waals surface area contributed by atoms with Gasteiger partial charge in [-0.25, -0.2) is 0 Å². The first kappa shape index (κ1) is 20.6. The molecule has 0 radical (unpaired) electrons. The number of ether oxygens (including phenoxy) is 1. The van der Waals surface area contributed by atoms with E-state index in [1.54, 1.807) is 0 Å². The Hall–Kier alpha value is -2.08. The highest BCUT2D eigenvalue weighted by molar-refractivity contribution is 5.84. The highest BCUT2D eigenvalue weighted by Gasteiger charge is 2.38. The van der Waals surface area contributed by atoms with Crippen molar-refractivity contribution in [1.82, 2.24) is 10.3 Å². The third-order valence-corrected chi connectivity index (χ3v) is 5.67. The van der Waals surface area contributed by atoms with Crippen LogP contribution in [0.4, 0.5) is 0 Å². The maximum absolute atomic E-state index is 12.8. The summed E-state index contributed by atoms with van der Waals surface area (Å²) in [6.07, 6.45) is 2.97. The maximum atomic E-state index is 12.8. The molecule has 1 fully saturated rings. The zero-order chi connectivity index (χ0) is 20.3. The highest BCUT2D eigenvalue weighted by Crippen LogP contribution is 2.33. The van der Waals surface area contributed by atoms with Crippen molar-refractivity contribution >= 4 is 11.8 Å².